The van der Waals surface area contributed by atoms with Crippen molar-refractivity contribution >= 4 is 40.0 Å². The first-order chi connectivity index (χ1) is 13.4. The summed E-state index contributed by atoms with van der Waals surface area (Å²) in [6.07, 6.45) is 2.67. The summed E-state index contributed by atoms with van der Waals surface area (Å²) in [6.45, 7) is 1.02. The molecular formula is C18H14N2O7S. The molecule has 28 heavy (non-hydrogen) atoms. The fourth-order valence-corrected chi connectivity index (χ4v) is 3.12. The van der Waals surface area contributed by atoms with Gasteiger partial charge in [-0.15, -0.1) is 11.3 Å². The number of thiophene rings is 1. The maximum absolute atomic E-state index is 12.2. The number of nitrogens with one attached hydrogen (secondary N) is 2. The lowest BCUT2D eigenvalue weighted by Gasteiger charge is -2.04. The number of carbonyl (C=O) groups is 4. The average Bonchev–Trinajstić information content (AvgIpc) is 3.41. The zero-order chi connectivity index (χ0) is 20.1. The molecule has 0 aliphatic carbocycles. The summed E-state index contributed by atoms with van der Waals surface area (Å²) in [7, 11) is 0. The van der Waals surface area contributed by atoms with Crippen LogP contribution in [-0.4, -0.2) is 30.3 Å². The maximum Gasteiger partial charge on any atom is 0.349 e. The Morgan fingerprint density at radius 2 is 1.68 bits per heavy atom. The number of carbonyl (C=O) groups excluding carboxylic acids is 4. The van der Waals surface area contributed by atoms with Gasteiger partial charge in [-0.1, -0.05) is 0 Å². The Labute approximate surface area is 162 Å². The summed E-state index contributed by atoms with van der Waals surface area (Å²) < 4.78 is 14.8. The monoisotopic (exact) mass is 402 g/mol. The van der Waals surface area contributed by atoms with E-state index < -0.39 is 30.3 Å². The van der Waals surface area contributed by atoms with Gasteiger partial charge < -0.3 is 18.9 Å². The lowest BCUT2D eigenvalue weighted by Crippen LogP contribution is -2.33. The fourth-order valence-electron chi connectivity index (χ4n) is 2.16. The van der Waals surface area contributed by atoms with Gasteiger partial charge in [0.1, 0.15) is 4.88 Å². The first-order valence-corrected chi connectivity index (χ1v) is 8.76. The van der Waals surface area contributed by atoms with Gasteiger partial charge in [0.15, 0.2) is 18.1 Å². The highest BCUT2D eigenvalue weighted by molar-refractivity contribution is 7.18. The fraction of sp³-hybridized carbons (Fsp3) is 0.111. The molecule has 0 aromatic carbocycles. The minimum absolute atomic E-state index is 0.0364. The maximum atomic E-state index is 12.2. The Morgan fingerprint density at radius 3 is 2.29 bits per heavy atom. The highest BCUT2D eigenvalue weighted by atomic mass is 32.1. The van der Waals surface area contributed by atoms with Crippen LogP contribution in [0.1, 0.15) is 36.3 Å². The van der Waals surface area contributed by atoms with E-state index in [1.54, 1.807) is 19.1 Å². The lowest BCUT2D eigenvalue weighted by molar-refractivity contribution is -0.123. The lowest BCUT2D eigenvalue weighted by atomic mass is 10.3. The predicted molar refractivity (Wildman–Crippen MR) is 97.2 cm³/mol. The van der Waals surface area contributed by atoms with E-state index in [4.69, 9.17) is 13.6 Å². The Hall–Kier alpha value is -3.66. The van der Waals surface area contributed by atoms with E-state index in [-0.39, 0.29) is 16.4 Å². The number of esters is 1. The second-order valence-corrected chi connectivity index (χ2v) is 6.54. The van der Waals surface area contributed by atoms with Gasteiger partial charge in [0.25, 0.3) is 17.7 Å². The molecule has 3 amide bonds. The SMILES string of the molecule is Cc1cc(NC(=O)c2ccco2)sc1C(=O)OCC(=O)NC(=O)c1ccco1. The van der Waals surface area contributed by atoms with Crippen LogP contribution in [0.4, 0.5) is 5.00 Å². The molecule has 3 heterocycles. The molecule has 0 fully saturated rings. The Morgan fingerprint density at radius 1 is 1.04 bits per heavy atom. The molecule has 0 saturated heterocycles. The number of imide groups is 1. The van der Waals surface area contributed by atoms with Crippen molar-refractivity contribution in [2.45, 2.75) is 6.92 Å². The molecule has 0 aliphatic heterocycles. The van der Waals surface area contributed by atoms with Gasteiger partial charge in [-0.25, -0.2) is 4.79 Å². The van der Waals surface area contributed by atoms with Crippen molar-refractivity contribution in [1.29, 1.82) is 0 Å². The first-order valence-electron chi connectivity index (χ1n) is 7.94. The topological polar surface area (TPSA) is 128 Å². The summed E-state index contributed by atoms with van der Waals surface area (Å²) in [5.41, 5.74) is 0.566. The van der Waals surface area contributed by atoms with Gasteiger partial charge >= 0.3 is 5.97 Å². The van der Waals surface area contributed by atoms with E-state index in [1.165, 1.54) is 30.7 Å². The van der Waals surface area contributed by atoms with Crippen LogP contribution in [0.2, 0.25) is 0 Å². The van der Waals surface area contributed by atoms with E-state index in [9.17, 15) is 19.2 Å². The molecule has 0 radical (unpaired) electrons. The van der Waals surface area contributed by atoms with Gasteiger partial charge in [0, 0.05) is 0 Å². The molecule has 0 unspecified atom stereocenters. The number of hydrogen-bond acceptors (Lipinski definition) is 8. The van der Waals surface area contributed by atoms with Crippen LogP contribution in [0.15, 0.2) is 51.7 Å². The predicted octanol–water partition coefficient (Wildman–Crippen LogP) is 2.61. The van der Waals surface area contributed by atoms with E-state index in [2.05, 4.69) is 5.32 Å². The summed E-state index contributed by atoms with van der Waals surface area (Å²) in [4.78, 5) is 47.8. The smallest absolute Gasteiger partial charge is 0.349 e. The van der Waals surface area contributed by atoms with Gasteiger partial charge in [0.2, 0.25) is 0 Å². The van der Waals surface area contributed by atoms with Crippen molar-refractivity contribution < 1.29 is 32.7 Å². The third-order valence-electron chi connectivity index (χ3n) is 3.42. The number of aryl methyl sites for hydroxylation is 1. The molecule has 3 aromatic heterocycles. The highest BCUT2D eigenvalue weighted by Gasteiger charge is 2.19. The number of ether oxygens (including phenoxy) is 1. The largest absolute Gasteiger partial charge is 0.459 e. The Balaban J connectivity index is 1.54. The quantitative estimate of drug-likeness (QED) is 0.607. The van der Waals surface area contributed by atoms with Gasteiger partial charge in [-0.2, -0.15) is 0 Å². The Bertz CT molecular complexity index is 1000. The van der Waals surface area contributed by atoms with Crippen molar-refractivity contribution in [2.24, 2.45) is 0 Å². The number of furan rings is 2. The van der Waals surface area contributed by atoms with Crippen molar-refractivity contribution in [1.82, 2.24) is 5.32 Å². The van der Waals surface area contributed by atoms with Crippen molar-refractivity contribution in [3.8, 4) is 0 Å². The molecule has 0 bridgehead atoms. The van der Waals surface area contributed by atoms with Crippen LogP contribution >= 0.6 is 11.3 Å². The molecule has 0 aliphatic rings. The van der Waals surface area contributed by atoms with E-state index in [1.807, 2.05) is 5.32 Å². The van der Waals surface area contributed by atoms with E-state index >= 15 is 0 Å². The minimum atomic E-state index is -0.796. The van der Waals surface area contributed by atoms with Gasteiger partial charge in [-0.05, 0) is 42.8 Å². The standard InChI is InChI=1S/C18H14N2O7S/c1-10-8-14(20-17(23)12-5-3-7-26-12)28-15(10)18(24)27-9-13(21)19-16(22)11-4-2-6-25-11/h2-8H,9H2,1H3,(H,20,23)(H,19,21,22). The van der Waals surface area contributed by atoms with E-state index in [0.29, 0.717) is 10.6 Å². The number of amides is 3. The molecule has 0 atom stereocenters. The third kappa shape index (κ3) is 4.54. The number of rotatable bonds is 6. The number of hydrogen-bond donors (Lipinski definition) is 2. The van der Waals surface area contributed by atoms with Crippen LogP contribution in [0, 0.1) is 6.92 Å². The molecule has 0 saturated carbocycles. The first kappa shape index (κ1) is 19.1. The molecule has 3 aromatic rings. The third-order valence-corrected chi connectivity index (χ3v) is 4.55. The highest BCUT2D eigenvalue weighted by Crippen LogP contribution is 2.27. The molecule has 2 N–H and O–H groups in total. The summed E-state index contributed by atoms with van der Waals surface area (Å²) in [5, 5.41) is 5.07. The van der Waals surface area contributed by atoms with Crippen LogP contribution in [0.25, 0.3) is 0 Å². The van der Waals surface area contributed by atoms with Gasteiger partial charge in [-0.3, -0.25) is 19.7 Å². The van der Waals surface area contributed by atoms with Crippen LogP contribution < -0.4 is 10.6 Å². The van der Waals surface area contributed by atoms with Crippen LogP contribution in [0.3, 0.4) is 0 Å². The second-order valence-electron chi connectivity index (χ2n) is 5.48. The number of anilines is 1. The second kappa shape index (κ2) is 8.35. The summed E-state index contributed by atoms with van der Waals surface area (Å²) >= 11 is 0.995. The van der Waals surface area contributed by atoms with Crippen molar-refractivity contribution in [2.75, 3.05) is 11.9 Å². The molecular weight excluding hydrogens is 388 g/mol. The molecule has 0 spiro atoms. The molecule has 144 valence electrons. The zero-order valence-electron chi connectivity index (χ0n) is 14.5. The van der Waals surface area contributed by atoms with Crippen LogP contribution in [-0.2, 0) is 9.53 Å². The van der Waals surface area contributed by atoms with Crippen LogP contribution in [0.5, 0.6) is 0 Å². The Kier molecular flexibility index (Phi) is 5.70. The van der Waals surface area contributed by atoms with E-state index in [0.717, 1.165) is 11.3 Å². The molecule has 9 nitrogen and oxygen atoms in total. The minimum Gasteiger partial charge on any atom is -0.459 e. The molecule has 10 heteroatoms. The van der Waals surface area contributed by atoms with Crippen molar-refractivity contribution in [3.05, 3.63) is 64.8 Å². The van der Waals surface area contributed by atoms with Gasteiger partial charge in [0.05, 0.1) is 17.5 Å². The summed E-state index contributed by atoms with van der Waals surface area (Å²) in [6, 6.07) is 7.58. The summed E-state index contributed by atoms with van der Waals surface area (Å²) in [5.74, 6) is -2.64. The normalized spacial score (nSPS) is 10.3. The van der Waals surface area contributed by atoms with Crippen molar-refractivity contribution in [3.63, 3.8) is 0 Å². The molecule has 3 rings (SSSR count). The zero-order valence-corrected chi connectivity index (χ0v) is 15.3. The average molecular weight is 402 g/mol.